The number of para-hydroxylation sites is 1. The van der Waals surface area contributed by atoms with Gasteiger partial charge in [0.2, 0.25) is 0 Å². The van der Waals surface area contributed by atoms with E-state index in [0.717, 1.165) is 6.42 Å². The quantitative estimate of drug-likeness (QED) is 0.524. The number of hydrogen-bond acceptors (Lipinski definition) is 5. The molecule has 0 unspecified atom stereocenters. The molecule has 0 aliphatic carbocycles. The lowest BCUT2D eigenvalue weighted by Gasteiger charge is -2.32. The van der Waals surface area contributed by atoms with Crippen LogP contribution in [0.1, 0.15) is 35.7 Å². The Morgan fingerprint density at radius 1 is 1.06 bits per heavy atom. The third-order valence-corrected chi connectivity index (χ3v) is 5.61. The summed E-state index contributed by atoms with van der Waals surface area (Å²) in [6, 6.07) is 17.2. The topological polar surface area (TPSA) is 67.9 Å². The molecule has 2 aromatic rings. The number of piperidine rings is 1. The zero-order valence-electron chi connectivity index (χ0n) is 17.7. The minimum absolute atomic E-state index is 0.103. The summed E-state index contributed by atoms with van der Waals surface area (Å²) in [5.74, 6) is -0.0281. The van der Waals surface area contributed by atoms with E-state index in [1.54, 1.807) is 25.1 Å². The molecule has 0 atom stereocenters. The largest absolute Gasteiger partial charge is 0.492 e. The number of amides is 1. The van der Waals surface area contributed by atoms with Crippen LogP contribution in [-0.4, -0.2) is 48.2 Å². The van der Waals surface area contributed by atoms with Gasteiger partial charge in [-0.05, 0) is 49.7 Å². The van der Waals surface area contributed by atoms with Crippen LogP contribution in [0.3, 0.4) is 0 Å². The van der Waals surface area contributed by atoms with Gasteiger partial charge >= 0.3 is 5.97 Å². The third kappa shape index (κ3) is 6.52. The molecule has 2 aromatic carbocycles. The van der Waals surface area contributed by atoms with Crippen molar-refractivity contribution in [1.29, 1.82) is 0 Å². The van der Waals surface area contributed by atoms with Gasteiger partial charge in [0, 0.05) is 19.5 Å². The number of nitrogens with one attached hydrogen (secondary N) is 1. The van der Waals surface area contributed by atoms with E-state index < -0.39 is 0 Å². The predicted molar refractivity (Wildman–Crippen MR) is 123 cm³/mol. The Balaban J connectivity index is 1.52. The van der Waals surface area contributed by atoms with Gasteiger partial charge < -0.3 is 14.4 Å². The summed E-state index contributed by atoms with van der Waals surface area (Å²) < 4.78 is 11.0. The van der Waals surface area contributed by atoms with Crippen LogP contribution in [0.4, 0.5) is 0 Å². The molecule has 1 aliphatic heterocycles. The van der Waals surface area contributed by atoms with E-state index in [-0.39, 0.29) is 17.8 Å². The summed E-state index contributed by atoms with van der Waals surface area (Å²) in [6.45, 7) is 3.89. The third-order valence-electron chi connectivity index (χ3n) is 5.25. The zero-order valence-corrected chi connectivity index (χ0v) is 18.5. The number of esters is 1. The fourth-order valence-corrected chi connectivity index (χ4v) is 3.80. The minimum Gasteiger partial charge on any atom is -0.492 e. The smallest absolute Gasteiger partial charge is 0.309 e. The summed E-state index contributed by atoms with van der Waals surface area (Å²) in [5, 5.41) is 3.17. The monoisotopic (exact) mass is 440 g/mol. The van der Waals surface area contributed by atoms with Crippen LogP contribution in [0.2, 0.25) is 0 Å². The van der Waals surface area contributed by atoms with E-state index >= 15 is 0 Å². The molecule has 0 saturated carbocycles. The normalized spacial score (nSPS) is 14.0. The highest BCUT2D eigenvalue weighted by Gasteiger charge is 2.27. The fraction of sp³-hybridized carbons (Fsp3) is 0.375. The Hall–Kier alpha value is -2.93. The number of nitrogens with zero attached hydrogens (tertiary/aromatic N) is 1. The number of benzene rings is 2. The van der Waals surface area contributed by atoms with E-state index in [4.69, 9.17) is 21.7 Å². The first-order valence-corrected chi connectivity index (χ1v) is 11.0. The van der Waals surface area contributed by atoms with Crippen molar-refractivity contribution in [2.24, 2.45) is 5.92 Å². The maximum absolute atomic E-state index is 12.8. The highest BCUT2D eigenvalue weighted by Crippen LogP contribution is 2.20. The molecule has 31 heavy (non-hydrogen) atoms. The second kappa shape index (κ2) is 11.5. The lowest BCUT2D eigenvalue weighted by Crippen LogP contribution is -2.47. The Morgan fingerprint density at radius 3 is 2.45 bits per heavy atom. The molecule has 1 amide bonds. The van der Waals surface area contributed by atoms with Gasteiger partial charge in [-0.25, -0.2) is 0 Å². The fourth-order valence-electron chi connectivity index (χ4n) is 3.53. The first-order valence-electron chi connectivity index (χ1n) is 10.6. The van der Waals surface area contributed by atoms with Crippen LogP contribution in [0.25, 0.3) is 0 Å². The number of carbonyl (C=O) groups excluding carboxylic acids is 2. The van der Waals surface area contributed by atoms with Crippen molar-refractivity contribution in [1.82, 2.24) is 10.2 Å². The predicted octanol–water partition coefficient (Wildman–Crippen LogP) is 3.60. The summed E-state index contributed by atoms with van der Waals surface area (Å²) in [6.07, 6.45) is 2.08. The van der Waals surface area contributed by atoms with Crippen molar-refractivity contribution in [2.75, 3.05) is 26.3 Å². The first-order chi connectivity index (χ1) is 15.1. The van der Waals surface area contributed by atoms with Crippen molar-refractivity contribution >= 4 is 29.2 Å². The van der Waals surface area contributed by atoms with Crippen LogP contribution in [0.15, 0.2) is 54.6 Å². The number of carbonyl (C=O) groups is 2. The van der Waals surface area contributed by atoms with Crippen molar-refractivity contribution in [3.8, 4) is 5.75 Å². The van der Waals surface area contributed by atoms with Gasteiger partial charge in [0.15, 0.2) is 5.11 Å². The molecule has 3 rings (SSSR count). The number of thiocarbonyl (C=S) groups is 1. The second-order valence-corrected chi connectivity index (χ2v) is 7.74. The van der Waals surface area contributed by atoms with E-state index in [0.29, 0.717) is 55.6 Å². The Labute approximate surface area is 188 Å². The molecule has 7 heteroatoms. The van der Waals surface area contributed by atoms with Crippen molar-refractivity contribution < 1.29 is 19.1 Å². The van der Waals surface area contributed by atoms with Crippen molar-refractivity contribution in [3.05, 3.63) is 65.7 Å². The van der Waals surface area contributed by atoms with Gasteiger partial charge in [0.05, 0.1) is 24.7 Å². The first kappa shape index (κ1) is 22.7. The number of rotatable bonds is 7. The van der Waals surface area contributed by atoms with E-state index in [9.17, 15) is 9.59 Å². The van der Waals surface area contributed by atoms with Crippen molar-refractivity contribution in [3.63, 3.8) is 0 Å². The molecule has 0 spiro atoms. The van der Waals surface area contributed by atoms with Crippen molar-refractivity contribution in [2.45, 2.75) is 26.2 Å². The van der Waals surface area contributed by atoms with E-state index in [2.05, 4.69) is 5.32 Å². The average molecular weight is 441 g/mol. The summed E-state index contributed by atoms with van der Waals surface area (Å²) >= 11 is 5.44. The standard InChI is InChI=1S/C24H28N2O4S/c1-2-29-23(28)19-12-15-26(16-13-19)24(31)25-22(27)20-10-6-7-11-21(20)30-17-14-18-8-4-3-5-9-18/h3-11,19H,2,12-17H2,1H3,(H,25,27,31). The van der Waals surface area contributed by atoms with Crippen LogP contribution >= 0.6 is 12.2 Å². The van der Waals surface area contributed by atoms with Crippen LogP contribution in [0.5, 0.6) is 5.75 Å². The molecule has 1 N–H and O–H groups in total. The van der Waals surface area contributed by atoms with Gasteiger partial charge in [-0.3, -0.25) is 14.9 Å². The maximum atomic E-state index is 12.8. The SMILES string of the molecule is CCOC(=O)C1CCN(C(=S)NC(=O)c2ccccc2OCCc2ccccc2)CC1. The Kier molecular flexibility index (Phi) is 8.41. The maximum Gasteiger partial charge on any atom is 0.309 e. The molecule has 0 bridgehead atoms. The van der Waals surface area contributed by atoms with Gasteiger partial charge in [0.25, 0.3) is 5.91 Å². The van der Waals surface area contributed by atoms with Gasteiger partial charge in [-0.1, -0.05) is 42.5 Å². The number of likely N-dealkylation sites (tertiary alicyclic amines) is 1. The average Bonchev–Trinajstić information content (AvgIpc) is 2.80. The molecule has 1 aliphatic rings. The lowest BCUT2D eigenvalue weighted by molar-refractivity contribution is -0.149. The van der Waals surface area contributed by atoms with Gasteiger partial charge in [0.1, 0.15) is 5.75 Å². The van der Waals surface area contributed by atoms with Crippen LogP contribution < -0.4 is 10.1 Å². The molecular weight excluding hydrogens is 412 g/mol. The molecule has 0 radical (unpaired) electrons. The number of hydrogen-bond donors (Lipinski definition) is 1. The molecule has 164 valence electrons. The second-order valence-electron chi connectivity index (χ2n) is 7.35. The summed E-state index contributed by atoms with van der Waals surface area (Å²) in [4.78, 5) is 26.6. The van der Waals surface area contributed by atoms with Gasteiger partial charge in [-0.2, -0.15) is 0 Å². The van der Waals surface area contributed by atoms with Crippen LogP contribution in [0, 0.1) is 5.92 Å². The molecule has 1 saturated heterocycles. The van der Waals surface area contributed by atoms with E-state index in [1.165, 1.54) is 5.56 Å². The number of ether oxygens (including phenoxy) is 2. The Bertz CT molecular complexity index is 895. The minimum atomic E-state index is -0.298. The molecule has 6 nitrogen and oxygen atoms in total. The summed E-state index contributed by atoms with van der Waals surface area (Å²) in [7, 11) is 0. The Morgan fingerprint density at radius 2 is 1.74 bits per heavy atom. The van der Waals surface area contributed by atoms with E-state index in [1.807, 2.05) is 41.3 Å². The van der Waals surface area contributed by atoms with Crippen LogP contribution in [-0.2, 0) is 16.0 Å². The van der Waals surface area contributed by atoms with Gasteiger partial charge in [-0.15, -0.1) is 0 Å². The molecular formula is C24H28N2O4S. The molecule has 1 heterocycles. The summed E-state index contributed by atoms with van der Waals surface area (Å²) in [5.41, 5.74) is 1.62. The highest BCUT2D eigenvalue weighted by molar-refractivity contribution is 7.80. The highest BCUT2D eigenvalue weighted by atomic mass is 32.1. The molecule has 1 fully saturated rings. The molecule has 0 aromatic heterocycles. The lowest BCUT2D eigenvalue weighted by atomic mass is 9.97. The zero-order chi connectivity index (χ0) is 22.1.